The first-order valence-electron chi connectivity index (χ1n) is 3.43. The van der Waals surface area contributed by atoms with Gasteiger partial charge in [-0.25, -0.2) is 8.42 Å². The van der Waals surface area contributed by atoms with Crippen molar-refractivity contribution in [1.29, 1.82) is 0 Å². The van der Waals surface area contributed by atoms with Gasteiger partial charge >= 0.3 is 29.6 Å². The van der Waals surface area contributed by atoms with Gasteiger partial charge in [-0.15, -0.1) is 0 Å². The summed E-state index contributed by atoms with van der Waals surface area (Å²) >= 11 is 5.45. The average molecular weight is 261 g/mol. The summed E-state index contributed by atoms with van der Waals surface area (Å²) in [6, 6.07) is 3.20. The smallest absolute Gasteiger partial charge is 0.746 e. The van der Waals surface area contributed by atoms with Gasteiger partial charge in [-0.05, 0) is 17.7 Å². The summed E-state index contributed by atoms with van der Waals surface area (Å²) < 4.78 is 31.3. The molecule has 1 atom stereocenters. The van der Waals surface area contributed by atoms with Crippen LogP contribution in [-0.4, -0.2) is 23.2 Å². The minimum Gasteiger partial charge on any atom is -0.746 e. The van der Waals surface area contributed by atoms with Crippen molar-refractivity contribution in [3.63, 3.8) is 0 Å². The maximum atomic E-state index is 10.4. The van der Waals surface area contributed by atoms with Gasteiger partial charge in [0, 0.05) is 0 Å². The van der Waals surface area contributed by atoms with E-state index in [0.717, 1.165) is 18.2 Å². The molecule has 0 aromatic heterocycles. The van der Waals surface area contributed by atoms with Crippen molar-refractivity contribution < 1.29 is 52.7 Å². The zero-order chi connectivity index (χ0) is 10.9. The molecule has 15 heavy (non-hydrogen) atoms. The molecule has 2 N–H and O–H groups in total. The number of aromatic hydroxyl groups is 1. The molecule has 0 saturated carbocycles. The Kier molecular flexibility index (Phi) is 5.56. The van der Waals surface area contributed by atoms with Crippen molar-refractivity contribution in [3.05, 3.63) is 28.8 Å². The van der Waals surface area contributed by atoms with Gasteiger partial charge in [0.2, 0.25) is 0 Å². The first-order chi connectivity index (χ1) is 6.32. The van der Waals surface area contributed by atoms with Crippen LogP contribution in [0.2, 0.25) is 5.02 Å². The van der Waals surface area contributed by atoms with Crippen LogP contribution in [0.25, 0.3) is 0 Å². The fourth-order valence-corrected chi connectivity index (χ4v) is 1.51. The molecule has 78 valence electrons. The van der Waals surface area contributed by atoms with Crippen LogP contribution in [0.3, 0.4) is 0 Å². The van der Waals surface area contributed by atoms with Gasteiger partial charge in [0.05, 0.1) is 5.02 Å². The van der Waals surface area contributed by atoms with E-state index in [1.54, 1.807) is 0 Å². The van der Waals surface area contributed by atoms with Crippen molar-refractivity contribution in [3.8, 4) is 5.75 Å². The van der Waals surface area contributed by atoms with Gasteiger partial charge in [0.15, 0.2) is 5.44 Å². The number of phenolic OH excluding ortho intramolecular Hbond substituents is 1. The molecule has 0 aliphatic heterocycles. The average Bonchev–Trinajstić information content (AvgIpc) is 2.07. The number of hydrogen-bond donors (Lipinski definition) is 2. The Hall–Kier alpha value is 0.180. The second-order valence-corrected chi connectivity index (χ2v) is 4.40. The molecular weight excluding hydrogens is 255 g/mol. The van der Waals surface area contributed by atoms with Crippen LogP contribution >= 0.6 is 11.6 Å². The number of phenols is 1. The monoisotopic (exact) mass is 260 g/mol. The molecule has 0 fully saturated rings. The van der Waals surface area contributed by atoms with E-state index < -0.39 is 15.6 Å². The summed E-state index contributed by atoms with van der Waals surface area (Å²) in [5.74, 6) is -0.258. The zero-order valence-corrected chi connectivity index (χ0v) is 11.3. The van der Waals surface area contributed by atoms with Crippen molar-refractivity contribution >= 4 is 21.7 Å². The number of benzene rings is 1. The molecule has 0 bridgehead atoms. The summed E-state index contributed by atoms with van der Waals surface area (Å²) in [5, 5.41) is 17.9. The van der Waals surface area contributed by atoms with E-state index in [2.05, 4.69) is 0 Å². The molecule has 0 amide bonds. The molecule has 1 rings (SSSR count). The van der Waals surface area contributed by atoms with E-state index in [0.29, 0.717) is 0 Å². The SMILES string of the molecule is O=S(=O)([O-])C(O)c1ccc(O)c(Cl)c1.[Na+]. The Morgan fingerprint density at radius 3 is 2.33 bits per heavy atom. The second-order valence-electron chi connectivity index (χ2n) is 2.56. The standard InChI is InChI=1S/C7H7ClO5S.Na/c8-5-3-4(1-2-6(5)9)7(10)14(11,12)13;/h1-3,7,9-10H,(H,11,12,13);/q;+1/p-1. The normalized spacial score (nSPS) is 13.0. The molecule has 0 spiro atoms. The minimum atomic E-state index is -4.82. The first kappa shape index (κ1) is 15.2. The molecule has 8 heteroatoms. The van der Waals surface area contributed by atoms with Crippen molar-refractivity contribution in [2.45, 2.75) is 5.44 Å². The Balaban J connectivity index is 0.00000196. The molecule has 0 aliphatic carbocycles. The molecule has 5 nitrogen and oxygen atoms in total. The summed E-state index contributed by atoms with van der Waals surface area (Å²) in [7, 11) is -4.82. The Morgan fingerprint density at radius 2 is 1.93 bits per heavy atom. The summed E-state index contributed by atoms with van der Waals surface area (Å²) in [4.78, 5) is 0. The first-order valence-corrected chi connectivity index (χ1v) is 5.28. The van der Waals surface area contributed by atoms with Crippen LogP contribution in [0, 0.1) is 0 Å². The molecule has 0 radical (unpaired) electrons. The van der Waals surface area contributed by atoms with Crippen LogP contribution in [0.15, 0.2) is 18.2 Å². The molecule has 1 aromatic rings. The quantitative estimate of drug-likeness (QED) is 0.456. The molecule has 1 aromatic carbocycles. The van der Waals surface area contributed by atoms with Gasteiger partial charge < -0.3 is 14.8 Å². The summed E-state index contributed by atoms with van der Waals surface area (Å²) in [6.07, 6.45) is 0. The van der Waals surface area contributed by atoms with E-state index in [-0.39, 0.29) is 45.9 Å². The van der Waals surface area contributed by atoms with Gasteiger partial charge in [-0.1, -0.05) is 17.7 Å². The van der Waals surface area contributed by atoms with Crippen molar-refractivity contribution in [2.75, 3.05) is 0 Å². The van der Waals surface area contributed by atoms with E-state index in [1.165, 1.54) is 0 Å². The number of hydrogen-bond acceptors (Lipinski definition) is 5. The maximum Gasteiger partial charge on any atom is 1.00 e. The largest absolute Gasteiger partial charge is 1.00 e. The Morgan fingerprint density at radius 1 is 1.40 bits per heavy atom. The topological polar surface area (TPSA) is 97.7 Å². The fraction of sp³-hybridized carbons (Fsp3) is 0.143. The minimum absolute atomic E-state index is 0. The molecule has 0 heterocycles. The zero-order valence-electron chi connectivity index (χ0n) is 7.71. The Bertz CT molecular complexity index is 447. The number of aliphatic hydroxyl groups is 1. The summed E-state index contributed by atoms with van der Waals surface area (Å²) in [5.41, 5.74) is -2.34. The van der Waals surface area contributed by atoms with Gasteiger partial charge in [0.1, 0.15) is 15.9 Å². The third-order valence-corrected chi connectivity index (χ3v) is 2.65. The maximum absolute atomic E-state index is 10.4. The number of aliphatic hydroxyl groups excluding tert-OH is 1. The van der Waals surface area contributed by atoms with E-state index in [1.807, 2.05) is 0 Å². The van der Waals surface area contributed by atoms with Crippen LogP contribution in [0.5, 0.6) is 5.75 Å². The molecule has 0 aliphatic rings. The molecule has 0 saturated heterocycles. The van der Waals surface area contributed by atoms with E-state index in [9.17, 15) is 13.0 Å². The number of halogens is 1. The second kappa shape index (κ2) is 5.49. The van der Waals surface area contributed by atoms with Crippen molar-refractivity contribution in [2.24, 2.45) is 0 Å². The molecule has 1 unspecified atom stereocenters. The van der Waals surface area contributed by atoms with Gasteiger partial charge in [-0.3, -0.25) is 0 Å². The Labute approximate surface area is 114 Å². The third-order valence-electron chi connectivity index (χ3n) is 1.53. The molecular formula is C7H6ClNaO5S. The number of rotatable bonds is 2. The van der Waals surface area contributed by atoms with Gasteiger partial charge in [0.25, 0.3) is 0 Å². The third kappa shape index (κ3) is 3.92. The van der Waals surface area contributed by atoms with Crippen LogP contribution in [0.4, 0.5) is 0 Å². The predicted molar refractivity (Wildman–Crippen MR) is 47.8 cm³/mol. The van der Waals surface area contributed by atoms with Crippen molar-refractivity contribution in [1.82, 2.24) is 0 Å². The predicted octanol–water partition coefficient (Wildman–Crippen LogP) is -2.41. The van der Waals surface area contributed by atoms with E-state index >= 15 is 0 Å². The summed E-state index contributed by atoms with van der Waals surface area (Å²) in [6.45, 7) is 0. The van der Waals surface area contributed by atoms with Gasteiger partial charge in [-0.2, -0.15) is 0 Å². The van der Waals surface area contributed by atoms with Crippen LogP contribution < -0.4 is 29.6 Å². The van der Waals surface area contributed by atoms with Crippen LogP contribution in [0.1, 0.15) is 11.0 Å². The van der Waals surface area contributed by atoms with E-state index in [4.69, 9.17) is 21.8 Å². The fourth-order valence-electron chi connectivity index (χ4n) is 0.843. The van der Waals surface area contributed by atoms with Crippen LogP contribution in [-0.2, 0) is 10.1 Å².